The summed E-state index contributed by atoms with van der Waals surface area (Å²) >= 11 is 0. The fourth-order valence-electron chi connectivity index (χ4n) is 2.92. The number of hydrogen-bond acceptors (Lipinski definition) is 6. The summed E-state index contributed by atoms with van der Waals surface area (Å²) in [6.07, 6.45) is 1.41. The Morgan fingerprint density at radius 1 is 1.24 bits per heavy atom. The summed E-state index contributed by atoms with van der Waals surface area (Å²) in [7, 11) is 3.28. The van der Waals surface area contributed by atoms with Crippen LogP contribution < -0.4 is 10.1 Å². The lowest BCUT2D eigenvalue weighted by Crippen LogP contribution is -2.19. The number of anilines is 1. The van der Waals surface area contributed by atoms with Crippen molar-refractivity contribution in [2.75, 3.05) is 19.0 Å². The molecule has 0 aliphatic rings. The Hall–Kier alpha value is -4.23. The number of nitrogens with zero attached hydrogens (tertiary/aromatic N) is 3. The van der Waals surface area contributed by atoms with Gasteiger partial charge in [-0.25, -0.2) is 0 Å². The Morgan fingerprint density at radius 2 is 2.00 bits per heavy atom. The number of aryl methyl sites for hydroxylation is 1. The van der Waals surface area contributed by atoms with Gasteiger partial charge in [-0.1, -0.05) is 11.8 Å². The van der Waals surface area contributed by atoms with E-state index in [0.29, 0.717) is 23.7 Å². The number of methoxy groups -OCH3 is 1. The van der Waals surface area contributed by atoms with Crippen molar-refractivity contribution < 1.29 is 23.6 Å². The maximum Gasteiger partial charge on any atom is 0.306 e. The molecule has 1 amide bonds. The second-order valence-electron chi connectivity index (χ2n) is 7.13. The van der Waals surface area contributed by atoms with Crippen molar-refractivity contribution in [1.82, 2.24) is 9.78 Å². The van der Waals surface area contributed by atoms with Crippen molar-refractivity contribution in [3.8, 4) is 17.6 Å². The summed E-state index contributed by atoms with van der Waals surface area (Å²) in [5.41, 5.74) is 0.289. The van der Waals surface area contributed by atoms with Crippen LogP contribution in [-0.4, -0.2) is 40.4 Å². The van der Waals surface area contributed by atoms with Crippen molar-refractivity contribution >= 4 is 17.4 Å². The number of nitrogens with one attached hydrogen (secondary N) is 1. The zero-order valence-corrected chi connectivity index (χ0v) is 18.2. The van der Waals surface area contributed by atoms with Crippen LogP contribution >= 0.6 is 0 Å². The lowest BCUT2D eigenvalue weighted by Gasteiger charge is -2.15. The molecule has 10 heteroatoms. The Bertz CT molecular complexity index is 1250. The highest BCUT2D eigenvalue weighted by Crippen LogP contribution is 2.21. The standard InChI is InChI=1S/C23H21FN4O5/c1-15(14-32-3)33-19-11-17(5-4-16-6-7-20(24)21(12-16)28(30)31)10-18(13-19)23(29)25-22-8-9-27(2)26-22/h6-13,15H,14H2,1-3H3,(H,25,26,29)/t15-/m0/s1. The fourth-order valence-corrected chi connectivity index (χ4v) is 2.92. The lowest BCUT2D eigenvalue weighted by molar-refractivity contribution is -0.387. The van der Waals surface area contributed by atoms with Crippen LogP contribution in [0.2, 0.25) is 0 Å². The topological polar surface area (TPSA) is 109 Å². The highest BCUT2D eigenvalue weighted by Gasteiger charge is 2.14. The van der Waals surface area contributed by atoms with Gasteiger partial charge in [0.2, 0.25) is 5.82 Å². The van der Waals surface area contributed by atoms with Crippen molar-refractivity contribution in [3.63, 3.8) is 0 Å². The fraction of sp³-hybridized carbons (Fsp3) is 0.217. The molecule has 0 fully saturated rings. The van der Waals surface area contributed by atoms with E-state index in [-0.39, 0.29) is 17.2 Å². The maximum absolute atomic E-state index is 13.6. The normalized spacial score (nSPS) is 11.3. The van der Waals surface area contributed by atoms with Crippen LogP contribution in [0.4, 0.5) is 15.9 Å². The Balaban J connectivity index is 1.94. The third-order valence-corrected chi connectivity index (χ3v) is 4.36. The molecule has 0 bridgehead atoms. The number of rotatable bonds is 7. The molecule has 2 aromatic carbocycles. The average molecular weight is 452 g/mol. The Labute approximate surface area is 189 Å². The van der Waals surface area contributed by atoms with Gasteiger partial charge in [-0.3, -0.25) is 19.6 Å². The van der Waals surface area contributed by atoms with Gasteiger partial charge < -0.3 is 14.8 Å². The number of ether oxygens (including phenoxy) is 2. The highest BCUT2D eigenvalue weighted by atomic mass is 19.1. The summed E-state index contributed by atoms with van der Waals surface area (Å²) in [6, 6.07) is 9.79. The molecule has 1 N–H and O–H groups in total. The molecule has 9 nitrogen and oxygen atoms in total. The quantitative estimate of drug-likeness (QED) is 0.334. The van der Waals surface area contributed by atoms with E-state index in [1.807, 2.05) is 6.92 Å². The van der Waals surface area contributed by atoms with Gasteiger partial charge in [0, 0.05) is 49.2 Å². The van der Waals surface area contributed by atoms with Crippen molar-refractivity contribution in [3.05, 3.63) is 81.3 Å². The summed E-state index contributed by atoms with van der Waals surface area (Å²) < 4.78 is 26.0. The number of nitro groups is 1. The van der Waals surface area contributed by atoms with Crippen LogP contribution in [0.5, 0.6) is 5.75 Å². The van der Waals surface area contributed by atoms with Crippen molar-refractivity contribution in [1.29, 1.82) is 0 Å². The number of halogens is 1. The predicted octanol–water partition coefficient (Wildman–Crippen LogP) is 3.53. The number of benzene rings is 2. The maximum atomic E-state index is 13.6. The number of hydrogen-bond donors (Lipinski definition) is 1. The molecule has 3 rings (SSSR count). The smallest absolute Gasteiger partial charge is 0.306 e. The average Bonchev–Trinajstić information content (AvgIpc) is 3.17. The van der Waals surface area contributed by atoms with Gasteiger partial charge in [-0.15, -0.1) is 0 Å². The Kier molecular flexibility index (Phi) is 7.38. The zero-order valence-electron chi connectivity index (χ0n) is 18.2. The van der Waals surface area contributed by atoms with Crippen LogP contribution in [0.1, 0.15) is 28.4 Å². The van der Waals surface area contributed by atoms with Gasteiger partial charge in [0.05, 0.1) is 11.5 Å². The molecule has 1 aromatic heterocycles. The van der Waals surface area contributed by atoms with E-state index in [1.165, 1.54) is 6.07 Å². The van der Waals surface area contributed by atoms with Gasteiger partial charge in [-0.2, -0.15) is 9.49 Å². The van der Waals surface area contributed by atoms with Crippen molar-refractivity contribution in [2.24, 2.45) is 7.05 Å². The predicted molar refractivity (Wildman–Crippen MR) is 119 cm³/mol. The molecule has 0 aliphatic heterocycles. The first kappa shape index (κ1) is 23.4. The third kappa shape index (κ3) is 6.38. The minimum Gasteiger partial charge on any atom is -0.488 e. The van der Waals surface area contributed by atoms with Gasteiger partial charge in [-0.05, 0) is 37.3 Å². The first-order valence-corrected chi connectivity index (χ1v) is 9.83. The molecule has 0 aliphatic carbocycles. The van der Waals surface area contributed by atoms with Gasteiger partial charge in [0.15, 0.2) is 5.82 Å². The SMILES string of the molecule is COC[C@H](C)Oc1cc(C#Cc2ccc(F)c([N+](=O)[O-])c2)cc(C(=O)Nc2ccn(C)n2)c1. The molecule has 170 valence electrons. The van der Waals surface area contributed by atoms with E-state index in [4.69, 9.17) is 9.47 Å². The lowest BCUT2D eigenvalue weighted by atomic mass is 10.1. The first-order chi connectivity index (χ1) is 15.7. The summed E-state index contributed by atoms with van der Waals surface area (Å²) in [5.74, 6) is 5.02. The van der Waals surface area contributed by atoms with E-state index >= 15 is 0 Å². The molecular weight excluding hydrogens is 431 g/mol. The molecule has 0 radical (unpaired) electrons. The van der Waals surface area contributed by atoms with Gasteiger partial charge >= 0.3 is 5.69 Å². The molecule has 0 unspecified atom stereocenters. The van der Waals surface area contributed by atoms with Crippen LogP contribution in [0.25, 0.3) is 0 Å². The van der Waals surface area contributed by atoms with E-state index in [1.54, 1.807) is 49.3 Å². The molecular formula is C23H21FN4O5. The van der Waals surface area contributed by atoms with Crippen LogP contribution in [0, 0.1) is 27.8 Å². The molecule has 0 spiro atoms. The third-order valence-electron chi connectivity index (χ3n) is 4.36. The second-order valence-corrected chi connectivity index (χ2v) is 7.13. The highest BCUT2D eigenvalue weighted by molar-refractivity contribution is 6.04. The van der Waals surface area contributed by atoms with Gasteiger partial charge in [0.1, 0.15) is 11.9 Å². The van der Waals surface area contributed by atoms with Crippen LogP contribution in [-0.2, 0) is 11.8 Å². The minimum absolute atomic E-state index is 0.252. The van der Waals surface area contributed by atoms with E-state index in [0.717, 1.165) is 12.1 Å². The minimum atomic E-state index is -0.943. The number of carbonyl (C=O) groups is 1. The summed E-state index contributed by atoms with van der Waals surface area (Å²) in [4.78, 5) is 22.9. The molecule has 0 saturated heterocycles. The van der Waals surface area contributed by atoms with E-state index < -0.39 is 22.3 Å². The summed E-state index contributed by atoms with van der Waals surface area (Å²) in [6.45, 7) is 2.15. The zero-order chi connectivity index (χ0) is 24.0. The largest absolute Gasteiger partial charge is 0.488 e. The first-order valence-electron chi connectivity index (χ1n) is 9.83. The molecule has 0 saturated carbocycles. The summed E-state index contributed by atoms with van der Waals surface area (Å²) in [5, 5.41) is 17.8. The molecule has 33 heavy (non-hydrogen) atoms. The molecule has 3 aromatic rings. The molecule has 1 heterocycles. The van der Waals surface area contributed by atoms with E-state index in [2.05, 4.69) is 22.3 Å². The van der Waals surface area contributed by atoms with Crippen molar-refractivity contribution in [2.45, 2.75) is 13.0 Å². The molecule has 1 atom stereocenters. The van der Waals surface area contributed by atoms with Crippen LogP contribution in [0.15, 0.2) is 48.7 Å². The van der Waals surface area contributed by atoms with Crippen LogP contribution in [0.3, 0.4) is 0 Å². The van der Waals surface area contributed by atoms with E-state index in [9.17, 15) is 19.3 Å². The number of aromatic nitrogens is 2. The second kappa shape index (κ2) is 10.4. The Morgan fingerprint density at radius 3 is 2.67 bits per heavy atom. The monoisotopic (exact) mass is 452 g/mol. The van der Waals surface area contributed by atoms with Gasteiger partial charge in [0.25, 0.3) is 5.91 Å². The number of nitro benzene ring substituents is 1. The number of amides is 1. The number of carbonyl (C=O) groups excluding carboxylic acids is 1.